The number of rotatable bonds is 2. The van der Waals surface area contributed by atoms with Crippen LogP contribution in [0.25, 0.3) is 0 Å². The predicted octanol–water partition coefficient (Wildman–Crippen LogP) is 1.89. The normalized spacial score (nSPS) is 17.9. The summed E-state index contributed by atoms with van der Waals surface area (Å²) in [4.78, 5) is 25.8. The van der Waals surface area contributed by atoms with E-state index < -0.39 is 5.54 Å². The first-order valence-electron chi connectivity index (χ1n) is 5.96. The molecule has 0 aromatic heterocycles. The summed E-state index contributed by atoms with van der Waals surface area (Å²) in [6, 6.07) is 7.00. The first kappa shape index (κ1) is 12.6. The number of ether oxygens (including phenoxy) is 1. The third-order valence-electron chi connectivity index (χ3n) is 3.48. The summed E-state index contributed by atoms with van der Waals surface area (Å²) < 4.78 is 5.10. The highest BCUT2D eigenvalue weighted by Gasteiger charge is 2.42. The first-order valence-corrected chi connectivity index (χ1v) is 5.96. The number of likely N-dealkylation sites (tertiary alicyclic amines) is 1. The van der Waals surface area contributed by atoms with Gasteiger partial charge in [0.25, 0.3) is 5.91 Å². The van der Waals surface area contributed by atoms with Crippen LogP contribution in [0.15, 0.2) is 24.3 Å². The standard InChI is InChI=1S/C14H17NO3/c1-14(2)12(16)7-8-15(14)13(17)10-5-4-6-11(9-10)18-3/h4-6,9H,7-8H2,1-3H3. The van der Waals surface area contributed by atoms with Crippen LogP contribution in [0, 0.1) is 0 Å². The molecule has 1 heterocycles. The molecule has 1 amide bonds. The largest absolute Gasteiger partial charge is 0.497 e. The van der Waals surface area contributed by atoms with Crippen LogP contribution < -0.4 is 4.74 Å². The number of methoxy groups -OCH3 is 1. The van der Waals surface area contributed by atoms with Crippen molar-refractivity contribution in [2.24, 2.45) is 0 Å². The van der Waals surface area contributed by atoms with E-state index in [4.69, 9.17) is 4.74 Å². The summed E-state index contributed by atoms with van der Waals surface area (Å²) in [5.41, 5.74) is -0.155. The molecule has 96 valence electrons. The van der Waals surface area contributed by atoms with Gasteiger partial charge in [0.2, 0.25) is 0 Å². The molecule has 0 N–H and O–H groups in total. The zero-order valence-electron chi connectivity index (χ0n) is 10.9. The van der Waals surface area contributed by atoms with Gasteiger partial charge in [-0.25, -0.2) is 0 Å². The fraction of sp³-hybridized carbons (Fsp3) is 0.429. The Bertz CT molecular complexity index is 494. The molecule has 4 heteroatoms. The molecule has 0 atom stereocenters. The van der Waals surface area contributed by atoms with E-state index in [0.717, 1.165) is 0 Å². The number of ketones is 1. The summed E-state index contributed by atoms with van der Waals surface area (Å²) in [6.07, 6.45) is 0.433. The van der Waals surface area contributed by atoms with Gasteiger partial charge >= 0.3 is 0 Å². The summed E-state index contributed by atoms with van der Waals surface area (Å²) in [6.45, 7) is 4.07. The Kier molecular flexibility index (Phi) is 3.11. The summed E-state index contributed by atoms with van der Waals surface area (Å²) in [5.74, 6) is 0.632. The van der Waals surface area contributed by atoms with E-state index in [0.29, 0.717) is 24.3 Å². The molecule has 1 aromatic carbocycles. The molecule has 1 aliphatic heterocycles. The van der Waals surface area contributed by atoms with Gasteiger partial charge < -0.3 is 9.64 Å². The maximum atomic E-state index is 12.4. The molecule has 1 aliphatic rings. The van der Waals surface area contributed by atoms with Gasteiger partial charge in [-0.15, -0.1) is 0 Å². The second-order valence-electron chi connectivity index (χ2n) is 4.92. The van der Waals surface area contributed by atoms with Crippen LogP contribution in [-0.2, 0) is 4.79 Å². The molecular weight excluding hydrogens is 230 g/mol. The minimum absolute atomic E-state index is 0.110. The van der Waals surface area contributed by atoms with Crippen LogP contribution in [0.5, 0.6) is 5.75 Å². The van der Waals surface area contributed by atoms with Crippen molar-refractivity contribution < 1.29 is 14.3 Å². The number of carbonyl (C=O) groups is 2. The highest BCUT2D eigenvalue weighted by Crippen LogP contribution is 2.27. The minimum atomic E-state index is -0.708. The molecule has 0 unspecified atom stereocenters. The number of nitrogens with zero attached hydrogens (tertiary/aromatic N) is 1. The molecule has 2 rings (SSSR count). The number of carbonyl (C=O) groups excluding carboxylic acids is 2. The van der Waals surface area contributed by atoms with Crippen LogP contribution in [-0.4, -0.2) is 35.8 Å². The fourth-order valence-electron chi connectivity index (χ4n) is 2.22. The van der Waals surface area contributed by atoms with Crippen LogP contribution in [0.2, 0.25) is 0 Å². The van der Waals surface area contributed by atoms with Crippen LogP contribution in [0.1, 0.15) is 30.6 Å². The number of benzene rings is 1. The Hall–Kier alpha value is -1.84. The maximum absolute atomic E-state index is 12.4. The highest BCUT2D eigenvalue weighted by molar-refractivity contribution is 6.01. The van der Waals surface area contributed by atoms with Crippen molar-refractivity contribution in [3.63, 3.8) is 0 Å². The van der Waals surface area contributed by atoms with Gasteiger partial charge in [0.1, 0.15) is 5.75 Å². The van der Waals surface area contributed by atoms with Crippen molar-refractivity contribution in [3.8, 4) is 5.75 Å². The van der Waals surface area contributed by atoms with E-state index in [-0.39, 0.29) is 11.7 Å². The fourth-order valence-corrected chi connectivity index (χ4v) is 2.22. The lowest BCUT2D eigenvalue weighted by Crippen LogP contribution is -2.46. The average Bonchev–Trinajstić information content (AvgIpc) is 2.63. The number of amides is 1. The van der Waals surface area contributed by atoms with Gasteiger partial charge in [-0.05, 0) is 32.0 Å². The third-order valence-corrected chi connectivity index (χ3v) is 3.48. The van der Waals surface area contributed by atoms with Crippen molar-refractivity contribution in [1.29, 1.82) is 0 Å². The highest BCUT2D eigenvalue weighted by atomic mass is 16.5. The van der Waals surface area contributed by atoms with Gasteiger partial charge in [0, 0.05) is 18.5 Å². The third kappa shape index (κ3) is 1.98. The topological polar surface area (TPSA) is 46.6 Å². The van der Waals surface area contributed by atoms with Crippen LogP contribution in [0.4, 0.5) is 0 Å². The average molecular weight is 247 g/mol. The minimum Gasteiger partial charge on any atom is -0.497 e. The molecular formula is C14H17NO3. The summed E-state index contributed by atoms with van der Waals surface area (Å²) in [7, 11) is 1.56. The van der Waals surface area contributed by atoms with E-state index in [1.807, 2.05) is 0 Å². The Labute approximate surface area is 107 Å². The number of hydrogen-bond donors (Lipinski definition) is 0. The SMILES string of the molecule is COc1cccc(C(=O)N2CCC(=O)C2(C)C)c1. The monoisotopic (exact) mass is 247 g/mol. The Morgan fingerprint density at radius 3 is 2.67 bits per heavy atom. The Balaban J connectivity index is 2.29. The van der Waals surface area contributed by atoms with E-state index >= 15 is 0 Å². The van der Waals surface area contributed by atoms with Crippen molar-refractivity contribution in [3.05, 3.63) is 29.8 Å². The van der Waals surface area contributed by atoms with Crippen molar-refractivity contribution >= 4 is 11.7 Å². The van der Waals surface area contributed by atoms with E-state index in [1.165, 1.54) is 0 Å². The molecule has 1 saturated heterocycles. The van der Waals surface area contributed by atoms with Crippen molar-refractivity contribution in [1.82, 2.24) is 4.90 Å². The van der Waals surface area contributed by atoms with Crippen molar-refractivity contribution in [2.75, 3.05) is 13.7 Å². The molecule has 0 bridgehead atoms. The number of hydrogen-bond acceptors (Lipinski definition) is 3. The zero-order chi connectivity index (χ0) is 13.3. The van der Waals surface area contributed by atoms with Crippen molar-refractivity contribution in [2.45, 2.75) is 25.8 Å². The van der Waals surface area contributed by atoms with E-state index in [9.17, 15) is 9.59 Å². The molecule has 0 saturated carbocycles. The second kappa shape index (κ2) is 4.44. The molecule has 1 aromatic rings. The Morgan fingerprint density at radius 1 is 1.39 bits per heavy atom. The van der Waals surface area contributed by atoms with Gasteiger partial charge in [-0.1, -0.05) is 6.07 Å². The van der Waals surface area contributed by atoms with Gasteiger partial charge in [0.15, 0.2) is 5.78 Å². The lowest BCUT2D eigenvalue weighted by Gasteiger charge is -2.30. The molecule has 1 fully saturated rings. The van der Waals surface area contributed by atoms with Gasteiger partial charge in [0.05, 0.1) is 12.6 Å². The van der Waals surface area contributed by atoms with E-state index in [2.05, 4.69) is 0 Å². The molecule has 0 spiro atoms. The van der Waals surface area contributed by atoms with Gasteiger partial charge in [-0.3, -0.25) is 9.59 Å². The summed E-state index contributed by atoms with van der Waals surface area (Å²) >= 11 is 0. The van der Waals surface area contributed by atoms with E-state index in [1.54, 1.807) is 50.1 Å². The lowest BCUT2D eigenvalue weighted by atomic mass is 10.00. The van der Waals surface area contributed by atoms with Gasteiger partial charge in [-0.2, -0.15) is 0 Å². The first-order chi connectivity index (χ1) is 8.46. The molecule has 0 aliphatic carbocycles. The predicted molar refractivity (Wildman–Crippen MR) is 67.7 cm³/mol. The zero-order valence-corrected chi connectivity index (χ0v) is 10.9. The quantitative estimate of drug-likeness (QED) is 0.801. The Morgan fingerprint density at radius 2 is 2.11 bits per heavy atom. The van der Waals surface area contributed by atoms with Crippen LogP contribution in [0.3, 0.4) is 0 Å². The smallest absolute Gasteiger partial charge is 0.254 e. The lowest BCUT2D eigenvalue weighted by molar-refractivity contribution is -0.123. The van der Waals surface area contributed by atoms with Crippen LogP contribution >= 0.6 is 0 Å². The summed E-state index contributed by atoms with van der Waals surface area (Å²) in [5, 5.41) is 0. The molecule has 0 radical (unpaired) electrons. The number of Topliss-reactive ketones (excluding diaryl/α,β-unsaturated/α-hetero) is 1. The molecule has 4 nitrogen and oxygen atoms in total. The second-order valence-corrected chi connectivity index (χ2v) is 4.92. The maximum Gasteiger partial charge on any atom is 0.254 e. The molecule has 18 heavy (non-hydrogen) atoms.